The number of aryl methyl sites for hydroxylation is 1. The lowest BCUT2D eigenvalue weighted by molar-refractivity contribution is -0.115. The van der Waals surface area contributed by atoms with Gasteiger partial charge in [0.2, 0.25) is 5.91 Å². The van der Waals surface area contributed by atoms with Gasteiger partial charge in [0, 0.05) is 19.3 Å². The molecule has 0 aliphatic heterocycles. The third-order valence-electron chi connectivity index (χ3n) is 2.51. The highest BCUT2D eigenvalue weighted by atomic mass is 19.1. The fraction of sp³-hybridized carbons (Fsp3) is 0.154. The van der Waals surface area contributed by atoms with E-state index in [2.05, 4.69) is 15.7 Å². The van der Waals surface area contributed by atoms with Crippen molar-refractivity contribution in [3.63, 3.8) is 0 Å². The van der Waals surface area contributed by atoms with Gasteiger partial charge in [-0.3, -0.25) is 14.3 Å². The molecule has 1 aromatic heterocycles. The molecule has 20 heavy (non-hydrogen) atoms. The average molecular weight is 276 g/mol. The molecular weight excluding hydrogens is 263 g/mol. The van der Waals surface area contributed by atoms with Crippen molar-refractivity contribution >= 4 is 17.6 Å². The Morgan fingerprint density at radius 2 is 2.05 bits per heavy atom. The van der Waals surface area contributed by atoms with Crippen LogP contribution in [0.3, 0.4) is 0 Å². The largest absolute Gasteiger partial charge is 0.343 e. The van der Waals surface area contributed by atoms with Crippen molar-refractivity contribution in [3.8, 4) is 0 Å². The van der Waals surface area contributed by atoms with Gasteiger partial charge in [-0.1, -0.05) is 12.1 Å². The van der Waals surface area contributed by atoms with Crippen LogP contribution in [0.25, 0.3) is 0 Å². The molecule has 6 nitrogen and oxygen atoms in total. The van der Waals surface area contributed by atoms with Gasteiger partial charge in [-0.2, -0.15) is 5.10 Å². The van der Waals surface area contributed by atoms with Crippen LogP contribution in [0.5, 0.6) is 0 Å². The molecule has 2 N–H and O–H groups in total. The Bertz CT molecular complexity index is 639. The van der Waals surface area contributed by atoms with E-state index in [1.54, 1.807) is 25.4 Å². The van der Waals surface area contributed by atoms with E-state index in [0.29, 0.717) is 5.82 Å². The number of carbonyl (C=O) groups is 2. The van der Waals surface area contributed by atoms with Crippen molar-refractivity contribution in [3.05, 3.63) is 47.9 Å². The minimum atomic E-state index is -0.640. The van der Waals surface area contributed by atoms with Crippen molar-refractivity contribution in [1.82, 2.24) is 15.1 Å². The fourth-order valence-electron chi connectivity index (χ4n) is 1.57. The summed E-state index contributed by atoms with van der Waals surface area (Å²) in [4.78, 5) is 23.2. The van der Waals surface area contributed by atoms with Crippen LogP contribution in [-0.2, 0) is 11.8 Å². The molecule has 0 bridgehead atoms. The topological polar surface area (TPSA) is 76.0 Å². The Labute approximate surface area is 114 Å². The predicted octanol–water partition coefficient (Wildman–Crippen LogP) is 0.928. The Hall–Kier alpha value is -2.70. The molecule has 2 amide bonds. The molecule has 104 valence electrons. The lowest BCUT2D eigenvalue weighted by atomic mass is 10.2. The van der Waals surface area contributed by atoms with Gasteiger partial charge in [0.05, 0.1) is 12.1 Å². The molecule has 0 saturated heterocycles. The van der Waals surface area contributed by atoms with E-state index in [4.69, 9.17) is 0 Å². The van der Waals surface area contributed by atoms with Gasteiger partial charge < -0.3 is 10.6 Å². The van der Waals surface area contributed by atoms with Crippen molar-refractivity contribution < 1.29 is 14.0 Å². The van der Waals surface area contributed by atoms with Crippen molar-refractivity contribution in [2.24, 2.45) is 7.05 Å². The van der Waals surface area contributed by atoms with Gasteiger partial charge in [0.15, 0.2) is 5.82 Å². The van der Waals surface area contributed by atoms with Crippen molar-refractivity contribution in [2.45, 2.75) is 0 Å². The van der Waals surface area contributed by atoms with Crippen LogP contribution >= 0.6 is 0 Å². The van der Waals surface area contributed by atoms with Gasteiger partial charge in [0.25, 0.3) is 5.91 Å². The molecule has 2 rings (SSSR count). The minimum Gasteiger partial charge on any atom is -0.343 e. The van der Waals surface area contributed by atoms with Gasteiger partial charge in [-0.05, 0) is 12.1 Å². The van der Waals surface area contributed by atoms with E-state index in [1.807, 2.05) is 0 Å². The summed E-state index contributed by atoms with van der Waals surface area (Å²) >= 11 is 0. The van der Waals surface area contributed by atoms with Crippen LogP contribution in [0.1, 0.15) is 10.4 Å². The lowest BCUT2D eigenvalue weighted by Crippen LogP contribution is -2.33. The summed E-state index contributed by atoms with van der Waals surface area (Å²) in [6.07, 6.45) is 1.67. The number of aromatic nitrogens is 2. The number of amides is 2. The van der Waals surface area contributed by atoms with Crippen LogP contribution in [0, 0.1) is 5.82 Å². The second-order valence-corrected chi connectivity index (χ2v) is 4.09. The quantitative estimate of drug-likeness (QED) is 0.872. The van der Waals surface area contributed by atoms with Gasteiger partial charge in [-0.25, -0.2) is 4.39 Å². The summed E-state index contributed by atoms with van der Waals surface area (Å²) in [5, 5.41) is 8.81. The zero-order valence-electron chi connectivity index (χ0n) is 10.8. The van der Waals surface area contributed by atoms with Crippen LogP contribution < -0.4 is 10.6 Å². The third-order valence-corrected chi connectivity index (χ3v) is 2.51. The lowest BCUT2D eigenvalue weighted by Gasteiger charge is -2.05. The van der Waals surface area contributed by atoms with Crippen molar-refractivity contribution in [1.29, 1.82) is 0 Å². The maximum Gasteiger partial charge on any atom is 0.254 e. The first kappa shape index (κ1) is 13.7. The maximum absolute atomic E-state index is 13.3. The van der Waals surface area contributed by atoms with E-state index in [9.17, 15) is 14.0 Å². The van der Waals surface area contributed by atoms with Crippen LogP contribution in [0.2, 0.25) is 0 Å². The summed E-state index contributed by atoms with van der Waals surface area (Å²) in [6, 6.07) is 7.19. The Morgan fingerprint density at radius 3 is 2.70 bits per heavy atom. The van der Waals surface area contributed by atoms with E-state index in [1.165, 1.54) is 22.9 Å². The smallest absolute Gasteiger partial charge is 0.254 e. The molecule has 1 aromatic carbocycles. The number of nitrogens with one attached hydrogen (secondary N) is 2. The number of nitrogens with zero attached hydrogens (tertiary/aromatic N) is 2. The molecule has 0 aliphatic carbocycles. The highest BCUT2D eigenvalue weighted by Crippen LogP contribution is 2.05. The zero-order valence-corrected chi connectivity index (χ0v) is 10.8. The number of carbonyl (C=O) groups excluding carboxylic acids is 2. The number of halogens is 1. The summed E-state index contributed by atoms with van der Waals surface area (Å²) in [5.41, 5.74) is -0.0989. The van der Waals surface area contributed by atoms with E-state index < -0.39 is 17.6 Å². The SMILES string of the molecule is Cn1ccc(NC(=O)CNC(=O)c2ccccc2F)n1. The molecular formula is C13H13FN4O2. The third kappa shape index (κ3) is 3.41. The second kappa shape index (κ2) is 5.96. The number of hydrogen-bond acceptors (Lipinski definition) is 3. The second-order valence-electron chi connectivity index (χ2n) is 4.09. The number of benzene rings is 1. The molecule has 0 saturated carbocycles. The highest BCUT2D eigenvalue weighted by Gasteiger charge is 2.12. The average Bonchev–Trinajstić information content (AvgIpc) is 2.82. The minimum absolute atomic E-state index is 0.0989. The van der Waals surface area contributed by atoms with Gasteiger partial charge in [-0.15, -0.1) is 0 Å². The summed E-state index contributed by atoms with van der Waals surface area (Å²) in [5.74, 6) is -1.32. The molecule has 0 aliphatic rings. The molecule has 0 radical (unpaired) electrons. The van der Waals surface area contributed by atoms with Crippen molar-refractivity contribution in [2.75, 3.05) is 11.9 Å². The normalized spacial score (nSPS) is 10.1. The molecule has 0 fully saturated rings. The molecule has 0 spiro atoms. The zero-order chi connectivity index (χ0) is 14.5. The fourth-order valence-corrected chi connectivity index (χ4v) is 1.57. The monoisotopic (exact) mass is 276 g/mol. The molecule has 0 unspecified atom stereocenters. The van der Waals surface area contributed by atoms with Gasteiger partial charge in [0.1, 0.15) is 5.82 Å². The first-order valence-corrected chi connectivity index (χ1v) is 5.88. The Morgan fingerprint density at radius 1 is 1.30 bits per heavy atom. The van der Waals surface area contributed by atoms with Crippen LogP contribution in [0.4, 0.5) is 10.2 Å². The first-order valence-electron chi connectivity index (χ1n) is 5.88. The summed E-state index contributed by atoms with van der Waals surface area (Å²) < 4.78 is 14.9. The van der Waals surface area contributed by atoms with E-state index in [0.717, 1.165) is 0 Å². The van der Waals surface area contributed by atoms with Gasteiger partial charge >= 0.3 is 0 Å². The molecule has 7 heteroatoms. The molecule has 2 aromatic rings. The summed E-state index contributed by atoms with van der Waals surface area (Å²) in [7, 11) is 1.72. The Kier molecular flexibility index (Phi) is 4.09. The molecule has 1 heterocycles. The highest BCUT2D eigenvalue weighted by molar-refractivity contribution is 5.99. The number of hydrogen-bond donors (Lipinski definition) is 2. The first-order chi connectivity index (χ1) is 9.56. The number of anilines is 1. The van der Waals surface area contributed by atoms with Crippen LogP contribution in [-0.4, -0.2) is 28.1 Å². The van der Waals surface area contributed by atoms with E-state index in [-0.39, 0.29) is 12.1 Å². The summed E-state index contributed by atoms with van der Waals surface area (Å²) in [6.45, 7) is -0.260. The van der Waals surface area contributed by atoms with E-state index >= 15 is 0 Å². The number of rotatable bonds is 4. The van der Waals surface area contributed by atoms with Crippen LogP contribution in [0.15, 0.2) is 36.5 Å². The predicted molar refractivity (Wildman–Crippen MR) is 70.6 cm³/mol. The molecule has 0 atom stereocenters. The standard InChI is InChI=1S/C13H13FN4O2/c1-18-7-6-11(17-18)16-12(19)8-15-13(20)9-4-2-3-5-10(9)14/h2-7H,8H2,1H3,(H,15,20)(H,16,17,19). The maximum atomic E-state index is 13.3. The Balaban J connectivity index is 1.87.